The third-order valence-electron chi connectivity index (χ3n) is 4.68. The third kappa shape index (κ3) is 5.55. The molecule has 0 unspecified atom stereocenters. The van der Waals surface area contributed by atoms with Gasteiger partial charge in [-0.15, -0.1) is 0 Å². The number of amides is 1. The van der Waals surface area contributed by atoms with Crippen LogP contribution in [-0.2, 0) is 11.3 Å². The van der Waals surface area contributed by atoms with E-state index in [1.807, 2.05) is 11.0 Å². The number of nitrogens with zero attached hydrogens (tertiary/aromatic N) is 2. The molecule has 154 valence electrons. The first-order valence-corrected chi connectivity index (χ1v) is 9.72. The molecule has 1 fully saturated rings. The summed E-state index contributed by atoms with van der Waals surface area (Å²) >= 11 is 4.85. The fraction of sp³-hybridized carbons (Fsp3) is 0.350. The molecule has 0 atom stereocenters. The fourth-order valence-corrected chi connectivity index (χ4v) is 3.40. The summed E-state index contributed by atoms with van der Waals surface area (Å²) in [4.78, 5) is 28.5. The van der Waals surface area contributed by atoms with E-state index in [0.717, 1.165) is 13.0 Å². The number of hydrogen-bond donors (Lipinski definition) is 2. The van der Waals surface area contributed by atoms with Gasteiger partial charge in [-0.3, -0.25) is 9.69 Å². The van der Waals surface area contributed by atoms with Crippen LogP contribution in [0.4, 0.5) is 5.69 Å². The van der Waals surface area contributed by atoms with E-state index >= 15 is 0 Å². The van der Waals surface area contributed by atoms with E-state index in [1.165, 1.54) is 7.11 Å². The summed E-state index contributed by atoms with van der Waals surface area (Å²) in [6.45, 7) is 3.41. The van der Waals surface area contributed by atoms with Crippen molar-refractivity contribution in [2.75, 3.05) is 38.6 Å². The lowest BCUT2D eigenvalue weighted by molar-refractivity contribution is 0.0560. The number of furan rings is 1. The quantitative estimate of drug-likeness (QED) is 0.564. The highest BCUT2D eigenvalue weighted by atomic mass is 32.1. The molecule has 1 amide bonds. The zero-order valence-corrected chi connectivity index (χ0v) is 17.0. The summed E-state index contributed by atoms with van der Waals surface area (Å²) < 4.78 is 10.2. The predicted molar refractivity (Wildman–Crippen MR) is 113 cm³/mol. The van der Waals surface area contributed by atoms with Gasteiger partial charge < -0.3 is 25.1 Å². The van der Waals surface area contributed by atoms with Crippen molar-refractivity contribution in [1.29, 1.82) is 0 Å². The van der Waals surface area contributed by atoms with E-state index in [9.17, 15) is 9.59 Å². The number of esters is 1. The topological polar surface area (TPSA) is 101 Å². The number of nitrogens with one attached hydrogen (secondary N) is 1. The van der Waals surface area contributed by atoms with E-state index in [4.69, 9.17) is 22.4 Å². The van der Waals surface area contributed by atoms with Crippen LogP contribution in [0.15, 0.2) is 40.8 Å². The number of rotatable bonds is 5. The van der Waals surface area contributed by atoms with Crippen molar-refractivity contribution < 1.29 is 18.7 Å². The van der Waals surface area contributed by atoms with E-state index in [1.54, 1.807) is 30.3 Å². The molecule has 0 radical (unpaired) electrons. The minimum atomic E-state index is -0.490. The van der Waals surface area contributed by atoms with Crippen molar-refractivity contribution in [3.05, 3.63) is 53.5 Å². The Morgan fingerprint density at radius 1 is 1.21 bits per heavy atom. The SMILES string of the molecule is COC(=O)c1ccc(CN2CCCN(C(=O)c3cccc(NC(N)=S)c3)CC2)o1. The zero-order chi connectivity index (χ0) is 20.8. The average molecular weight is 417 g/mol. The highest BCUT2D eigenvalue weighted by Gasteiger charge is 2.21. The molecule has 2 heterocycles. The first-order chi connectivity index (χ1) is 14.0. The Balaban J connectivity index is 1.59. The van der Waals surface area contributed by atoms with Gasteiger partial charge in [0, 0.05) is 37.4 Å². The molecule has 0 spiro atoms. The summed E-state index contributed by atoms with van der Waals surface area (Å²) in [6.07, 6.45) is 0.848. The molecule has 9 heteroatoms. The number of thiocarbonyl (C=S) groups is 1. The van der Waals surface area contributed by atoms with Crippen molar-refractivity contribution in [2.45, 2.75) is 13.0 Å². The minimum Gasteiger partial charge on any atom is -0.463 e. The largest absolute Gasteiger partial charge is 0.463 e. The summed E-state index contributed by atoms with van der Waals surface area (Å²) in [6, 6.07) is 10.5. The van der Waals surface area contributed by atoms with E-state index in [-0.39, 0.29) is 16.8 Å². The molecule has 1 aromatic carbocycles. The molecule has 0 aliphatic carbocycles. The van der Waals surface area contributed by atoms with Gasteiger partial charge in [-0.2, -0.15) is 0 Å². The second-order valence-corrected chi connectivity index (χ2v) is 7.19. The highest BCUT2D eigenvalue weighted by molar-refractivity contribution is 7.80. The molecule has 1 aliphatic rings. The molecule has 1 aromatic heterocycles. The fourth-order valence-electron chi connectivity index (χ4n) is 3.28. The average Bonchev–Trinajstić information content (AvgIpc) is 3.04. The maximum absolute atomic E-state index is 12.9. The van der Waals surface area contributed by atoms with Crippen molar-refractivity contribution in [3.63, 3.8) is 0 Å². The van der Waals surface area contributed by atoms with Gasteiger partial charge in [0.05, 0.1) is 13.7 Å². The van der Waals surface area contributed by atoms with Crippen molar-refractivity contribution in [3.8, 4) is 0 Å². The van der Waals surface area contributed by atoms with Gasteiger partial charge in [-0.1, -0.05) is 6.07 Å². The normalized spacial score (nSPS) is 14.9. The van der Waals surface area contributed by atoms with Crippen LogP contribution in [0.1, 0.15) is 33.1 Å². The highest BCUT2D eigenvalue weighted by Crippen LogP contribution is 2.16. The number of carbonyl (C=O) groups excluding carboxylic acids is 2. The molecule has 0 bridgehead atoms. The number of anilines is 1. The molecule has 29 heavy (non-hydrogen) atoms. The van der Waals surface area contributed by atoms with Crippen LogP contribution < -0.4 is 11.1 Å². The Hall–Kier alpha value is -2.91. The van der Waals surface area contributed by atoms with Gasteiger partial charge >= 0.3 is 5.97 Å². The Kier molecular flexibility index (Phi) is 6.84. The predicted octanol–water partition coefficient (Wildman–Crippen LogP) is 2.07. The van der Waals surface area contributed by atoms with Gasteiger partial charge in [-0.25, -0.2) is 4.79 Å². The Labute approximate surface area is 174 Å². The molecular weight excluding hydrogens is 392 g/mol. The molecular formula is C20H24N4O4S. The zero-order valence-electron chi connectivity index (χ0n) is 16.2. The van der Waals surface area contributed by atoms with Crippen molar-refractivity contribution >= 4 is 34.9 Å². The van der Waals surface area contributed by atoms with Crippen LogP contribution in [0.2, 0.25) is 0 Å². The van der Waals surface area contributed by atoms with Crippen molar-refractivity contribution in [1.82, 2.24) is 9.80 Å². The van der Waals surface area contributed by atoms with Crippen LogP contribution in [-0.4, -0.2) is 60.1 Å². The summed E-state index contributed by atoms with van der Waals surface area (Å²) in [5.41, 5.74) is 6.79. The second-order valence-electron chi connectivity index (χ2n) is 6.75. The van der Waals surface area contributed by atoms with Crippen LogP contribution in [0.3, 0.4) is 0 Å². The lowest BCUT2D eigenvalue weighted by Gasteiger charge is -2.22. The monoisotopic (exact) mass is 416 g/mol. The number of carbonyl (C=O) groups is 2. The summed E-state index contributed by atoms with van der Waals surface area (Å²) in [5.74, 6) is 0.377. The van der Waals surface area contributed by atoms with Crippen LogP contribution in [0, 0.1) is 0 Å². The molecule has 3 N–H and O–H groups in total. The molecule has 1 saturated heterocycles. The Morgan fingerprint density at radius 2 is 2.03 bits per heavy atom. The lowest BCUT2D eigenvalue weighted by atomic mass is 10.1. The van der Waals surface area contributed by atoms with Gasteiger partial charge in [0.15, 0.2) is 5.11 Å². The van der Waals surface area contributed by atoms with Gasteiger partial charge in [0.1, 0.15) is 5.76 Å². The standard InChI is InChI=1S/C20H24N4O4S/c1-27-19(26)17-7-6-16(28-17)13-23-8-3-9-24(11-10-23)18(25)14-4-2-5-15(12-14)22-20(21)29/h2,4-7,12H,3,8-11,13H2,1H3,(H3,21,22,29). The smallest absolute Gasteiger partial charge is 0.373 e. The molecule has 3 rings (SSSR count). The van der Waals surface area contributed by atoms with Crippen molar-refractivity contribution in [2.24, 2.45) is 5.73 Å². The minimum absolute atomic E-state index is 0.0237. The Morgan fingerprint density at radius 3 is 2.79 bits per heavy atom. The maximum Gasteiger partial charge on any atom is 0.373 e. The number of ether oxygens (including phenoxy) is 1. The van der Waals surface area contributed by atoms with Gasteiger partial charge in [0.2, 0.25) is 5.76 Å². The first kappa shape index (κ1) is 20.8. The van der Waals surface area contributed by atoms with Gasteiger partial charge in [-0.05, 0) is 49.0 Å². The van der Waals surface area contributed by atoms with E-state index in [2.05, 4.69) is 15.0 Å². The van der Waals surface area contributed by atoms with Gasteiger partial charge in [0.25, 0.3) is 5.91 Å². The van der Waals surface area contributed by atoms with E-state index < -0.39 is 5.97 Å². The maximum atomic E-state index is 12.9. The number of benzene rings is 1. The Bertz CT molecular complexity index is 898. The lowest BCUT2D eigenvalue weighted by Crippen LogP contribution is -2.35. The summed E-state index contributed by atoms with van der Waals surface area (Å²) in [5, 5.41) is 3.01. The molecule has 2 aromatic rings. The molecule has 1 aliphatic heterocycles. The first-order valence-electron chi connectivity index (χ1n) is 9.31. The molecule has 8 nitrogen and oxygen atoms in total. The second kappa shape index (κ2) is 9.53. The summed E-state index contributed by atoms with van der Waals surface area (Å²) in [7, 11) is 1.32. The van der Waals surface area contributed by atoms with Crippen LogP contribution >= 0.6 is 12.2 Å². The van der Waals surface area contributed by atoms with E-state index in [0.29, 0.717) is 43.2 Å². The third-order valence-corrected chi connectivity index (χ3v) is 4.78. The number of methoxy groups -OCH3 is 1. The van der Waals surface area contributed by atoms with Crippen LogP contribution in [0.25, 0.3) is 0 Å². The van der Waals surface area contributed by atoms with Crippen LogP contribution in [0.5, 0.6) is 0 Å². The number of hydrogen-bond acceptors (Lipinski definition) is 6. The number of nitrogens with two attached hydrogens (primary N) is 1. The molecule has 0 saturated carbocycles.